The Bertz CT molecular complexity index is 789. The second kappa shape index (κ2) is 9.95. The predicted molar refractivity (Wildman–Crippen MR) is 104 cm³/mol. The van der Waals surface area contributed by atoms with Crippen LogP contribution in [0, 0.1) is 6.92 Å². The van der Waals surface area contributed by atoms with Gasteiger partial charge < -0.3 is 4.74 Å². The van der Waals surface area contributed by atoms with Crippen LogP contribution in [-0.4, -0.2) is 23.5 Å². The normalized spacial score (nSPS) is 10.2. The largest absolute Gasteiger partial charge is 0.484 e. The van der Waals surface area contributed by atoms with Gasteiger partial charge in [0.05, 0.1) is 0 Å². The van der Waals surface area contributed by atoms with Gasteiger partial charge in [0.2, 0.25) is 5.91 Å². The molecule has 0 saturated carbocycles. The van der Waals surface area contributed by atoms with Crippen molar-refractivity contribution < 1.29 is 14.3 Å². The lowest BCUT2D eigenvalue weighted by atomic mass is 10.2. The first-order chi connectivity index (χ1) is 12.5. The molecule has 0 heterocycles. The van der Waals surface area contributed by atoms with Crippen molar-refractivity contribution >= 4 is 35.2 Å². The first-order valence-electron chi connectivity index (χ1n) is 7.85. The summed E-state index contributed by atoms with van der Waals surface area (Å²) in [6, 6.07) is 16.7. The van der Waals surface area contributed by atoms with E-state index in [1.165, 1.54) is 6.08 Å². The van der Waals surface area contributed by atoms with Crippen LogP contribution in [0.25, 0.3) is 6.08 Å². The molecule has 134 valence electrons. The van der Waals surface area contributed by atoms with Crippen molar-refractivity contribution in [3.05, 3.63) is 71.8 Å². The minimum absolute atomic E-state index is 0.0172. The third-order valence-corrected chi connectivity index (χ3v) is 3.37. The number of thiocarbonyl (C=S) groups is 1. The van der Waals surface area contributed by atoms with E-state index in [2.05, 4.69) is 16.2 Å². The Labute approximate surface area is 157 Å². The van der Waals surface area contributed by atoms with Crippen LogP contribution in [0.3, 0.4) is 0 Å². The molecule has 7 heteroatoms. The van der Waals surface area contributed by atoms with Crippen LogP contribution in [0.2, 0.25) is 0 Å². The number of carbonyl (C=O) groups excluding carboxylic acids is 2. The highest BCUT2D eigenvalue weighted by Crippen LogP contribution is 2.10. The van der Waals surface area contributed by atoms with Crippen LogP contribution in [-0.2, 0) is 9.59 Å². The van der Waals surface area contributed by atoms with Gasteiger partial charge in [-0.25, -0.2) is 0 Å². The Morgan fingerprint density at radius 2 is 1.73 bits per heavy atom. The summed E-state index contributed by atoms with van der Waals surface area (Å²) in [6.07, 6.45) is 3.01. The van der Waals surface area contributed by atoms with E-state index < -0.39 is 11.8 Å². The number of hydrazine groups is 1. The Balaban J connectivity index is 1.67. The fraction of sp³-hybridized carbons (Fsp3) is 0.105. The van der Waals surface area contributed by atoms with Crippen LogP contribution < -0.4 is 20.9 Å². The van der Waals surface area contributed by atoms with Gasteiger partial charge in [0.1, 0.15) is 5.75 Å². The standard InChI is InChI=1S/C19H19N3O3S/c1-14-7-10-16(11-8-14)25-13-18(24)21-22-19(26)20-17(23)12-9-15-5-3-2-4-6-15/h2-12H,13H2,1H3,(H,21,24)(H2,20,22,23,26). The number of hydrogen-bond acceptors (Lipinski definition) is 4. The third-order valence-electron chi connectivity index (χ3n) is 3.17. The summed E-state index contributed by atoms with van der Waals surface area (Å²) in [5.74, 6) is -0.244. The zero-order valence-corrected chi connectivity index (χ0v) is 15.0. The van der Waals surface area contributed by atoms with Crippen molar-refractivity contribution in [3.8, 4) is 5.75 Å². The summed E-state index contributed by atoms with van der Waals surface area (Å²) < 4.78 is 5.33. The lowest BCUT2D eigenvalue weighted by Crippen LogP contribution is -2.49. The molecular formula is C19H19N3O3S. The second-order valence-electron chi connectivity index (χ2n) is 5.34. The van der Waals surface area contributed by atoms with Crippen LogP contribution in [0.4, 0.5) is 0 Å². The highest BCUT2D eigenvalue weighted by Gasteiger charge is 2.05. The third kappa shape index (κ3) is 7.14. The lowest BCUT2D eigenvalue weighted by molar-refractivity contribution is -0.123. The van der Waals surface area contributed by atoms with Crippen molar-refractivity contribution in [2.45, 2.75) is 6.92 Å². The molecule has 0 unspecified atom stereocenters. The zero-order chi connectivity index (χ0) is 18.8. The second-order valence-corrected chi connectivity index (χ2v) is 5.75. The molecule has 0 aliphatic heterocycles. The number of hydrogen-bond donors (Lipinski definition) is 3. The molecular weight excluding hydrogens is 350 g/mol. The van der Waals surface area contributed by atoms with E-state index in [0.29, 0.717) is 5.75 Å². The number of nitrogens with one attached hydrogen (secondary N) is 3. The molecule has 0 aliphatic carbocycles. The maximum atomic E-state index is 11.7. The Morgan fingerprint density at radius 3 is 2.42 bits per heavy atom. The first-order valence-corrected chi connectivity index (χ1v) is 8.26. The summed E-state index contributed by atoms with van der Waals surface area (Å²) in [6.45, 7) is 1.78. The average molecular weight is 369 g/mol. The van der Waals surface area contributed by atoms with Gasteiger partial charge in [0, 0.05) is 6.08 Å². The van der Waals surface area contributed by atoms with Crippen LogP contribution in [0.1, 0.15) is 11.1 Å². The van der Waals surface area contributed by atoms with Gasteiger partial charge in [-0.2, -0.15) is 0 Å². The van der Waals surface area contributed by atoms with Gasteiger partial charge in [-0.1, -0.05) is 48.0 Å². The quantitative estimate of drug-likeness (QED) is 0.427. The molecule has 3 N–H and O–H groups in total. The fourth-order valence-corrected chi connectivity index (χ4v) is 2.02. The van der Waals surface area contributed by atoms with Crippen LogP contribution >= 0.6 is 12.2 Å². The SMILES string of the molecule is Cc1ccc(OCC(=O)NNC(=S)NC(=O)C=Cc2ccccc2)cc1. The Kier molecular flexibility index (Phi) is 7.32. The topological polar surface area (TPSA) is 79.5 Å². The van der Waals surface area contributed by atoms with E-state index in [4.69, 9.17) is 17.0 Å². The van der Waals surface area contributed by atoms with Crippen molar-refractivity contribution in [3.63, 3.8) is 0 Å². The molecule has 0 spiro atoms. The molecule has 6 nitrogen and oxygen atoms in total. The summed E-state index contributed by atoms with van der Waals surface area (Å²) in [7, 11) is 0. The van der Waals surface area contributed by atoms with Crippen molar-refractivity contribution in [1.82, 2.24) is 16.2 Å². The van der Waals surface area contributed by atoms with Crippen LogP contribution in [0.15, 0.2) is 60.7 Å². The van der Waals surface area contributed by atoms with Crippen molar-refractivity contribution in [2.24, 2.45) is 0 Å². The van der Waals surface area contributed by atoms with E-state index in [1.54, 1.807) is 18.2 Å². The number of amides is 2. The van der Waals surface area contributed by atoms with Gasteiger partial charge in [-0.3, -0.25) is 25.8 Å². The smallest absolute Gasteiger partial charge is 0.276 e. The Morgan fingerprint density at radius 1 is 1.04 bits per heavy atom. The maximum absolute atomic E-state index is 11.7. The molecule has 0 aliphatic rings. The van der Waals surface area contributed by atoms with Gasteiger partial charge >= 0.3 is 0 Å². The zero-order valence-electron chi connectivity index (χ0n) is 14.2. The van der Waals surface area contributed by atoms with E-state index in [0.717, 1.165) is 11.1 Å². The molecule has 2 aromatic rings. The highest BCUT2D eigenvalue weighted by atomic mass is 32.1. The molecule has 0 radical (unpaired) electrons. The average Bonchev–Trinajstić information content (AvgIpc) is 2.65. The molecule has 0 aromatic heterocycles. The molecule has 2 rings (SSSR count). The maximum Gasteiger partial charge on any atom is 0.276 e. The summed E-state index contributed by atoms with van der Waals surface area (Å²) in [4.78, 5) is 23.4. The van der Waals surface area contributed by atoms with Crippen LogP contribution in [0.5, 0.6) is 5.75 Å². The number of benzene rings is 2. The van der Waals surface area contributed by atoms with E-state index in [1.807, 2.05) is 49.4 Å². The number of ether oxygens (including phenoxy) is 1. The highest BCUT2D eigenvalue weighted by molar-refractivity contribution is 7.80. The molecule has 0 saturated heterocycles. The number of rotatable bonds is 5. The monoisotopic (exact) mass is 369 g/mol. The van der Waals surface area contributed by atoms with E-state index >= 15 is 0 Å². The number of carbonyl (C=O) groups is 2. The summed E-state index contributed by atoms with van der Waals surface area (Å²) >= 11 is 4.94. The van der Waals surface area contributed by atoms with Gasteiger partial charge in [-0.05, 0) is 42.9 Å². The first kappa shape index (κ1) is 19.1. The van der Waals surface area contributed by atoms with E-state index in [-0.39, 0.29) is 11.7 Å². The molecule has 0 fully saturated rings. The van der Waals surface area contributed by atoms with Gasteiger partial charge in [-0.15, -0.1) is 0 Å². The predicted octanol–water partition coefficient (Wildman–Crippen LogP) is 2.11. The summed E-state index contributed by atoms with van der Waals surface area (Å²) in [5.41, 5.74) is 6.79. The minimum atomic E-state index is -0.429. The molecule has 2 aromatic carbocycles. The van der Waals surface area contributed by atoms with Gasteiger partial charge in [0.25, 0.3) is 5.91 Å². The summed E-state index contributed by atoms with van der Waals surface area (Å²) in [5, 5.41) is 2.41. The Hall–Kier alpha value is -3.19. The molecule has 26 heavy (non-hydrogen) atoms. The molecule has 0 atom stereocenters. The number of aryl methyl sites for hydroxylation is 1. The lowest BCUT2D eigenvalue weighted by Gasteiger charge is -2.10. The molecule has 2 amide bonds. The van der Waals surface area contributed by atoms with Crippen molar-refractivity contribution in [2.75, 3.05) is 6.61 Å². The van der Waals surface area contributed by atoms with Crippen molar-refractivity contribution in [1.29, 1.82) is 0 Å². The van der Waals surface area contributed by atoms with E-state index in [9.17, 15) is 9.59 Å². The van der Waals surface area contributed by atoms with Gasteiger partial charge in [0.15, 0.2) is 11.7 Å². The minimum Gasteiger partial charge on any atom is -0.484 e. The molecule has 0 bridgehead atoms. The fourth-order valence-electron chi connectivity index (χ4n) is 1.87.